The second-order valence-corrected chi connectivity index (χ2v) is 11.0. The monoisotopic (exact) mass is 434 g/mol. The molecule has 3 fully saturated rings. The third kappa shape index (κ3) is 3.51. The molecule has 1 aromatic rings. The van der Waals surface area contributed by atoms with Crippen LogP contribution in [0.15, 0.2) is 17.0 Å². The summed E-state index contributed by atoms with van der Waals surface area (Å²) in [5.74, 6) is 0.505. The van der Waals surface area contributed by atoms with Gasteiger partial charge in [-0.25, -0.2) is 13.4 Å². The fraction of sp³-hybridized carbons (Fsp3) is 0.727. The Bertz CT molecular complexity index is 897. The van der Waals surface area contributed by atoms with Gasteiger partial charge < -0.3 is 9.80 Å². The quantitative estimate of drug-likeness (QED) is 0.688. The number of fused-ring (bicyclic) bond motifs is 2. The van der Waals surface area contributed by atoms with Crippen molar-refractivity contribution in [1.29, 1.82) is 0 Å². The van der Waals surface area contributed by atoms with Gasteiger partial charge in [0.15, 0.2) is 0 Å². The first-order valence-corrected chi connectivity index (χ1v) is 12.8. The van der Waals surface area contributed by atoms with Crippen molar-refractivity contribution < 1.29 is 13.2 Å². The van der Waals surface area contributed by atoms with Crippen LogP contribution in [0.2, 0.25) is 0 Å². The van der Waals surface area contributed by atoms with Crippen LogP contribution in [0.25, 0.3) is 0 Å². The minimum atomic E-state index is -3.83. The maximum atomic E-state index is 13.8. The molecule has 0 saturated carbocycles. The Morgan fingerprint density at radius 3 is 2.37 bits per heavy atom. The zero-order valence-corrected chi connectivity index (χ0v) is 19.4. The van der Waals surface area contributed by atoms with Crippen molar-refractivity contribution >= 4 is 21.7 Å². The number of hydrogen-bond acceptors (Lipinski definition) is 5. The largest absolute Gasteiger partial charge is 0.353 e. The van der Waals surface area contributed by atoms with Crippen molar-refractivity contribution in [3.05, 3.63) is 17.8 Å². The fourth-order valence-corrected chi connectivity index (χ4v) is 7.33. The lowest BCUT2D eigenvalue weighted by Crippen LogP contribution is -2.49. The molecule has 2 bridgehead atoms. The van der Waals surface area contributed by atoms with Crippen molar-refractivity contribution in [3.8, 4) is 0 Å². The fourth-order valence-electron chi connectivity index (χ4n) is 5.54. The molecule has 1 aromatic heterocycles. The Morgan fingerprint density at radius 2 is 1.80 bits per heavy atom. The summed E-state index contributed by atoms with van der Waals surface area (Å²) in [5.41, 5.74) is 0.783. The number of sulfonamides is 1. The Balaban J connectivity index is 1.69. The predicted octanol–water partition coefficient (Wildman–Crippen LogP) is 2.93. The number of carbonyl (C=O) groups excluding carboxylic acids is 1. The summed E-state index contributed by atoms with van der Waals surface area (Å²) in [6, 6.07) is 3.56. The number of aryl methyl sites for hydroxylation is 1. The average molecular weight is 435 g/mol. The van der Waals surface area contributed by atoms with Crippen LogP contribution in [-0.4, -0.2) is 65.8 Å². The summed E-state index contributed by atoms with van der Waals surface area (Å²) in [4.78, 5) is 22.3. The Labute approximate surface area is 180 Å². The Hall–Kier alpha value is -1.67. The van der Waals surface area contributed by atoms with E-state index in [1.807, 2.05) is 37.5 Å². The standard InChI is InChI=1S/C22H34N4O3S/c1-5-24(15(2)3)21-20(13-8-16(4)23-21)30(28,29)25-14-6-7-19(25)22(27)26-17-9-10-18(26)12-11-17/h8,13,15,17-19H,5-7,9-12,14H2,1-4H3/t17?,18?,19-/m0/s1. The first-order valence-electron chi connectivity index (χ1n) is 11.3. The van der Waals surface area contributed by atoms with Gasteiger partial charge in [-0.2, -0.15) is 4.31 Å². The van der Waals surface area contributed by atoms with E-state index in [0.717, 1.165) is 37.8 Å². The molecule has 166 valence electrons. The molecule has 0 N–H and O–H groups in total. The maximum Gasteiger partial charge on any atom is 0.247 e. The highest BCUT2D eigenvalue weighted by Gasteiger charge is 2.48. The smallest absolute Gasteiger partial charge is 0.247 e. The zero-order chi connectivity index (χ0) is 21.6. The summed E-state index contributed by atoms with van der Waals surface area (Å²) >= 11 is 0. The molecule has 0 radical (unpaired) electrons. The first kappa shape index (κ1) is 21.6. The molecule has 1 amide bonds. The van der Waals surface area contributed by atoms with E-state index in [1.54, 1.807) is 12.1 Å². The molecule has 4 heterocycles. The molecule has 30 heavy (non-hydrogen) atoms. The van der Waals surface area contributed by atoms with Crippen LogP contribution < -0.4 is 4.90 Å². The molecule has 0 aliphatic carbocycles. The highest BCUT2D eigenvalue weighted by atomic mass is 32.2. The van der Waals surface area contributed by atoms with Gasteiger partial charge in [0, 0.05) is 36.9 Å². The van der Waals surface area contributed by atoms with Crippen LogP contribution in [-0.2, 0) is 14.8 Å². The van der Waals surface area contributed by atoms with Crippen LogP contribution in [0.5, 0.6) is 0 Å². The van der Waals surface area contributed by atoms with Crippen LogP contribution in [0.4, 0.5) is 5.82 Å². The molecule has 0 unspecified atom stereocenters. The topological polar surface area (TPSA) is 73.8 Å². The molecular weight excluding hydrogens is 400 g/mol. The zero-order valence-electron chi connectivity index (χ0n) is 18.5. The number of pyridine rings is 1. The summed E-state index contributed by atoms with van der Waals surface area (Å²) in [6.45, 7) is 9.01. The molecule has 0 spiro atoms. The number of anilines is 1. The number of nitrogens with zero attached hydrogens (tertiary/aromatic N) is 4. The van der Waals surface area contributed by atoms with Crippen molar-refractivity contribution in [1.82, 2.24) is 14.2 Å². The number of rotatable bonds is 6. The second-order valence-electron chi connectivity index (χ2n) is 9.14. The van der Waals surface area contributed by atoms with Gasteiger partial charge in [0.1, 0.15) is 16.8 Å². The van der Waals surface area contributed by atoms with Crippen LogP contribution in [0.3, 0.4) is 0 Å². The molecular formula is C22H34N4O3S. The number of hydrogen-bond donors (Lipinski definition) is 0. The summed E-state index contributed by atoms with van der Waals surface area (Å²) in [5, 5.41) is 0. The van der Waals surface area contributed by atoms with Crippen molar-refractivity contribution in [2.75, 3.05) is 18.0 Å². The predicted molar refractivity (Wildman–Crippen MR) is 117 cm³/mol. The van der Waals surface area contributed by atoms with E-state index < -0.39 is 16.1 Å². The average Bonchev–Trinajstić information content (AvgIpc) is 3.43. The molecule has 1 atom stereocenters. The summed E-state index contributed by atoms with van der Waals surface area (Å²) in [6.07, 6.45) is 5.55. The van der Waals surface area contributed by atoms with Gasteiger partial charge in [-0.3, -0.25) is 4.79 Å². The molecule has 0 aromatic carbocycles. The minimum absolute atomic E-state index is 0.0129. The number of carbonyl (C=O) groups is 1. The second kappa shape index (κ2) is 8.11. The third-order valence-corrected chi connectivity index (χ3v) is 8.93. The van der Waals surface area contributed by atoms with E-state index in [-0.39, 0.29) is 16.8 Å². The maximum absolute atomic E-state index is 13.8. The van der Waals surface area contributed by atoms with Crippen molar-refractivity contribution in [2.24, 2.45) is 0 Å². The third-order valence-electron chi connectivity index (χ3n) is 7.00. The van der Waals surface area contributed by atoms with Gasteiger partial charge in [-0.1, -0.05) is 0 Å². The highest BCUT2D eigenvalue weighted by molar-refractivity contribution is 7.89. The normalized spacial score (nSPS) is 26.7. The van der Waals surface area contributed by atoms with Gasteiger partial charge in [0.2, 0.25) is 15.9 Å². The van der Waals surface area contributed by atoms with E-state index in [0.29, 0.717) is 37.4 Å². The SMILES string of the molecule is CCN(c1nc(C)ccc1S(=O)(=O)N1CCC[C@H]1C(=O)N1C2CCC1CC2)C(C)C. The summed E-state index contributed by atoms with van der Waals surface area (Å²) < 4.78 is 29.1. The molecule has 3 saturated heterocycles. The minimum Gasteiger partial charge on any atom is -0.353 e. The van der Waals surface area contributed by atoms with Gasteiger partial charge in [-0.05, 0) is 78.4 Å². The number of aromatic nitrogens is 1. The van der Waals surface area contributed by atoms with Crippen LogP contribution >= 0.6 is 0 Å². The van der Waals surface area contributed by atoms with Crippen LogP contribution in [0, 0.1) is 6.92 Å². The van der Waals surface area contributed by atoms with Gasteiger partial charge in [0.25, 0.3) is 0 Å². The van der Waals surface area contributed by atoms with Gasteiger partial charge in [0.05, 0.1) is 0 Å². The van der Waals surface area contributed by atoms with E-state index in [2.05, 4.69) is 4.98 Å². The lowest BCUT2D eigenvalue weighted by molar-refractivity contribution is -0.135. The molecule has 8 heteroatoms. The van der Waals surface area contributed by atoms with Gasteiger partial charge >= 0.3 is 0 Å². The highest BCUT2D eigenvalue weighted by Crippen LogP contribution is 2.40. The summed E-state index contributed by atoms with van der Waals surface area (Å²) in [7, 11) is -3.83. The molecule has 7 nitrogen and oxygen atoms in total. The Kier molecular flexibility index (Phi) is 5.83. The Morgan fingerprint density at radius 1 is 1.17 bits per heavy atom. The van der Waals surface area contributed by atoms with E-state index in [9.17, 15) is 13.2 Å². The van der Waals surface area contributed by atoms with Crippen molar-refractivity contribution in [3.63, 3.8) is 0 Å². The lowest BCUT2D eigenvalue weighted by atomic mass is 10.0. The van der Waals surface area contributed by atoms with Crippen LogP contribution in [0.1, 0.15) is 65.0 Å². The van der Waals surface area contributed by atoms with Gasteiger partial charge in [-0.15, -0.1) is 0 Å². The first-order chi connectivity index (χ1) is 14.3. The molecule has 4 rings (SSSR count). The van der Waals surface area contributed by atoms with E-state index in [1.165, 1.54) is 4.31 Å². The van der Waals surface area contributed by atoms with E-state index >= 15 is 0 Å². The van der Waals surface area contributed by atoms with Crippen molar-refractivity contribution in [2.45, 2.75) is 95.3 Å². The molecule has 3 aliphatic heterocycles. The van der Waals surface area contributed by atoms with E-state index in [4.69, 9.17) is 0 Å². The number of amides is 1. The lowest BCUT2D eigenvalue weighted by Gasteiger charge is -2.32. The molecule has 3 aliphatic rings.